The second-order valence-electron chi connectivity index (χ2n) is 8.19. The fourth-order valence-electron chi connectivity index (χ4n) is 3.88. The van der Waals surface area contributed by atoms with Crippen molar-refractivity contribution >= 4 is 23.1 Å². The van der Waals surface area contributed by atoms with Gasteiger partial charge in [-0.05, 0) is 74.0 Å². The molecule has 0 spiro atoms. The van der Waals surface area contributed by atoms with Gasteiger partial charge in [-0.15, -0.1) is 13.2 Å². The van der Waals surface area contributed by atoms with Crippen molar-refractivity contribution in [1.82, 2.24) is 4.98 Å². The molecule has 1 aliphatic heterocycles. The molecule has 2 aromatic carbocycles. The Morgan fingerprint density at radius 2 is 1.64 bits per heavy atom. The van der Waals surface area contributed by atoms with Crippen molar-refractivity contribution in [3.05, 3.63) is 89.8 Å². The van der Waals surface area contributed by atoms with Gasteiger partial charge in [0.1, 0.15) is 17.3 Å². The van der Waals surface area contributed by atoms with E-state index in [0.29, 0.717) is 11.3 Å². The minimum absolute atomic E-state index is 0.0618. The molecule has 1 unspecified atom stereocenters. The first-order valence-electron chi connectivity index (χ1n) is 10.9. The van der Waals surface area contributed by atoms with E-state index in [0.717, 1.165) is 17.0 Å². The van der Waals surface area contributed by atoms with E-state index in [9.17, 15) is 27.9 Å². The molecule has 1 atom stereocenters. The molecule has 36 heavy (non-hydrogen) atoms. The standard InChI is InChI=1S/C26H21F3N2O5/c1-15(2)35-19-9-5-16(6-10-19)23(32)21-22(17-4-3-13-30-14-17)31(25(34)24(21)33)18-7-11-20(12-8-18)36-26(27,28)29/h3-15,22,32H,1-2H3/b23-21-. The van der Waals surface area contributed by atoms with Crippen LogP contribution >= 0.6 is 0 Å². The van der Waals surface area contributed by atoms with Gasteiger partial charge in [-0.2, -0.15) is 0 Å². The molecule has 0 saturated carbocycles. The Labute approximate surface area is 204 Å². The molecule has 1 N–H and O–H groups in total. The zero-order valence-electron chi connectivity index (χ0n) is 19.2. The van der Waals surface area contributed by atoms with E-state index in [2.05, 4.69) is 9.72 Å². The van der Waals surface area contributed by atoms with Crippen molar-refractivity contribution in [3.8, 4) is 11.5 Å². The average Bonchev–Trinajstić information content (AvgIpc) is 3.09. The molecule has 0 bridgehead atoms. The van der Waals surface area contributed by atoms with Gasteiger partial charge in [0.05, 0.1) is 17.7 Å². The quantitative estimate of drug-likeness (QED) is 0.278. The maximum Gasteiger partial charge on any atom is 0.573 e. The summed E-state index contributed by atoms with van der Waals surface area (Å²) in [4.78, 5) is 31.4. The normalized spacial score (nSPS) is 17.5. The Bertz CT molecular complexity index is 1290. The summed E-state index contributed by atoms with van der Waals surface area (Å²) in [6, 6.07) is 13.1. The number of carbonyl (C=O) groups is 2. The third kappa shape index (κ3) is 5.17. The molecular formula is C26H21F3N2O5. The van der Waals surface area contributed by atoms with Crippen LogP contribution in [0.1, 0.15) is 31.0 Å². The first-order chi connectivity index (χ1) is 17.0. The number of anilines is 1. The number of halogens is 3. The molecule has 1 saturated heterocycles. The summed E-state index contributed by atoms with van der Waals surface area (Å²) < 4.78 is 47.1. The number of hydrogen-bond donors (Lipinski definition) is 1. The van der Waals surface area contributed by atoms with Crippen LogP contribution in [0.15, 0.2) is 78.6 Å². The lowest BCUT2D eigenvalue weighted by molar-refractivity contribution is -0.274. The number of aromatic nitrogens is 1. The van der Waals surface area contributed by atoms with Gasteiger partial charge in [0.15, 0.2) is 0 Å². The Balaban J connectivity index is 1.79. The van der Waals surface area contributed by atoms with Crippen LogP contribution in [0, 0.1) is 0 Å². The van der Waals surface area contributed by atoms with Gasteiger partial charge in [-0.3, -0.25) is 19.5 Å². The highest BCUT2D eigenvalue weighted by atomic mass is 19.4. The summed E-state index contributed by atoms with van der Waals surface area (Å²) in [5.41, 5.74) is 0.668. The maximum atomic E-state index is 13.1. The molecule has 1 aromatic heterocycles. The summed E-state index contributed by atoms with van der Waals surface area (Å²) in [5.74, 6) is -2.22. The minimum atomic E-state index is -4.88. The number of amides is 1. The summed E-state index contributed by atoms with van der Waals surface area (Å²) in [7, 11) is 0. The lowest BCUT2D eigenvalue weighted by Crippen LogP contribution is -2.29. The third-order valence-electron chi connectivity index (χ3n) is 5.29. The molecule has 10 heteroatoms. The molecule has 3 aromatic rings. The van der Waals surface area contributed by atoms with Crippen molar-refractivity contribution in [2.45, 2.75) is 32.4 Å². The number of nitrogens with zero attached hydrogens (tertiary/aromatic N) is 2. The number of ether oxygens (including phenoxy) is 2. The highest BCUT2D eigenvalue weighted by molar-refractivity contribution is 6.51. The number of aliphatic hydroxyl groups is 1. The fourth-order valence-corrected chi connectivity index (χ4v) is 3.88. The summed E-state index contributed by atoms with van der Waals surface area (Å²) >= 11 is 0. The number of pyridine rings is 1. The lowest BCUT2D eigenvalue weighted by Gasteiger charge is -2.25. The minimum Gasteiger partial charge on any atom is -0.507 e. The molecule has 7 nitrogen and oxygen atoms in total. The Kier molecular flexibility index (Phi) is 6.69. The summed E-state index contributed by atoms with van der Waals surface area (Å²) in [5, 5.41) is 11.1. The zero-order chi connectivity index (χ0) is 26.0. The molecule has 186 valence electrons. The van der Waals surface area contributed by atoms with Crippen LogP contribution in [-0.4, -0.2) is 34.2 Å². The number of hydrogen-bond acceptors (Lipinski definition) is 6. The van der Waals surface area contributed by atoms with E-state index in [1.54, 1.807) is 36.4 Å². The van der Waals surface area contributed by atoms with Crippen LogP contribution < -0.4 is 14.4 Å². The number of Topliss-reactive ketones (excluding diaryl/α,β-unsaturated/α-hetero) is 1. The van der Waals surface area contributed by atoms with Gasteiger partial charge >= 0.3 is 6.36 Å². The number of rotatable bonds is 6. The molecule has 0 radical (unpaired) electrons. The largest absolute Gasteiger partial charge is 0.573 e. The molecule has 2 heterocycles. The number of carbonyl (C=O) groups excluding carboxylic acids is 2. The average molecular weight is 498 g/mol. The van der Waals surface area contributed by atoms with Gasteiger partial charge in [0.25, 0.3) is 11.7 Å². The van der Waals surface area contributed by atoms with Crippen LogP contribution in [-0.2, 0) is 9.59 Å². The van der Waals surface area contributed by atoms with Gasteiger partial charge in [0.2, 0.25) is 0 Å². The number of alkyl halides is 3. The molecular weight excluding hydrogens is 477 g/mol. The van der Waals surface area contributed by atoms with Crippen LogP contribution in [0.5, 0.6) is 11.5 Å². The van der Waals surface area contributed by atoms with E-state index in [1.165, 1.54) is 24.5 Å². The smallest absolute Gasteiger partial charge is 0.507 e. The first kappa shape index (κ1) is 24.8. The molecule has 1 fully saturated rings. The Morgan fingerprint density at radius 1 is 1.00 bits per heavy atom. The van der Waals surface area contributed by atoms with E-state index < -0.39 is 35.6 Å². The van der Waals surface area contributed by atoms with Gasteiger partial charge in [-0.25, -0.2) is 0 Å². The van der Waals surface area contributed by atoms with Crippen molar-refractivity contribution in [2.24, 2.45) is 0 Å². The monoisotopic (exact) mass is 498 g/mol. The number of benzene rings is 2. The first-order valence-corrected chi connectivity index (χ1v) is 10.9. The topological polar surface area (TPSA) is 89.0 Å². The van der Waals surface area contributed by atoms with Gasteiger partial charge < -0.3 is 14.6 Å². The second kappa shape index (κ2) is 9.73. The van der Waals surface area contributed by atoms with Crippen LogP contribution in [0.2, 0.25) is 0 Å². The second-order valence-corrected chi connectivity index (χ2v) is 8.19. The van der Waals surface area contributed by atoms with E-state index >= 15 is 0 Å². The molecule has 0 aliphatic carbocycles. The lowest BCUT2D eigenvalue weighted by atomic mass is 9.96. The van der Waals surface area contributed by atoms with Gasteiger partial charge in [-0.1, -0.05) is 6.07 Å². The molecule has 1 aliphatic rings. The van der Waals surface area contributed by atoms with Crippen LogP contribution in [0.25, 0.3) is 5.76 Å². The highest BCUT2D eigenvalue weighted by Crippen LogP contribution is 2.42. The SMILES string of the molecule is CC(C)Oc1ccc(/C(O)=C2/C(=O)C(=O)N(c3ccc(OC(F)(F)F)cc3)C2c2cccnc2)cc1. The predicted molar refractivity (Wildman–Crippen MR) is 124 cm³/mol. The number of aliphatic hydroxyl groups excluding tert-OH is 1. The van der Waals surface area contributed by atoms with Crippen molar-refractivity contribution < 1.29 is 37.3 Å². The Morgan fingerprint density at radius 3 is 2.19 bits per heavy atom. The zero-order valence-corrected chi connectivity index (χ0v) is 19.2. The van der Waals surface area contributed by atoms with E-state index in [1.807, 2.05) is 13.8 Å². The summed E-state index contributed by atoms with van der Waals surface area (Å²) in [6.45, 7) is 3.73. The maximum absolute atomic E-state index is 13.1. The van der Waals surface area contributed by atoms with Crippen molar-refractivity contribution in [1.29, 1.82) is 0 Å². The third-order valence-corrected chi connectivity index (χ3v) is 5.29. The Hall–Kier alpha value is -4.34. The fraction of sp³-hybridized carbons (Fsp3) is 0.192. The predicted octanol–water partition coefficient (Wildman–Crippen LogP) is 5.39. The van der Waals surface area contributed by atoms with E-state index in [-0.39, 0.29) is 22.9 Å². The van der Waals surface area contributed by atoms with Crippen molar-refractivity contribution in [2.75, 3.05) is 4.90 Å². The molecule has 4 rings (SSSR count). The summed E-state index contributed by atoms with van der Waals surface area (Å²) in [6.07, 6.45) is -1.99. The van der Waals surface area contributed by atoms with Crippen LogP contribution in [0.3, 0.4) is 0 Å². The van der Waals surface area contributed by atoms with E-state index in [4.69, 9.17) is 4.74 Å². The van der Waals surface area contributed by atoms with Crippen molar-refractivity contribution in [3.63, 3.8) is 0 Å². The number of ketones is 1. The van der Waals surface area contributed by atoms with Crippen LogP contribution in [0.4, 0.5) is 18.9 Å². The molecule has 1 amide bonds. The highest BCUT2D eigenvalue weighted by Gasteiger charge is 2.47. The van der Waals surface area contributed by atoms with Gasteiger partial charge in [0, 0.05) is 23.6 Å².